The number of nitrogens with zero attached hydrogens (tertiary/aromatic N) is 1. The molecule has 0 radical (unpaired) electrons. The van der Waals surface area contributed by atoms with Gasteiger partial charge in [-0.3, -0.25) is 9.69 Å². The molecule has 1 amide bonds. The van der Waals surface area contributed by atoms with Crippen LogP contribution in [0.2, 0.25) is 0 Å². The zero-order valence-electron chi connectivity index (χ0n) is 18.6. The number of aryl methyl sites for hydroxylation is 3. The molecular formula is C24H34N2O3. The number of methoxy groups -OCH3 is 2. The van der Waals surface area contributed by atoms with Gasteiger partial charge in [-0.05, 0) is 62.6 Å². The van der Waals surface area contributed by atoms with Crippen molar-refractivity contribution in [2.45, 2.75) is 47.1 Å². The van der Waals surface area contributed by atoms with E-state index in [0.29, 0.717) is 24.6 Å². The monoisotopic (exact) mass is 398 g/mol. The minimum atomic E-state index is 0.0108. The van der Waals surface area contributed by atoms with Gasteiger partial charge >= 0.3 is 0 Å². The molecule has 0 aromatic heterocycles. The summed E-state index contributed by atoms with van der Waals surface area (Å²) in [5.74, 6) is 1.42. The summed E-state index contributed by atoms with van der Waals surface area (Å²) in [6.45, 7) is 10.2. The average Bonchev–Trinajstić information content (AvgIpc) is 2.68. The topological polar surface area (TPSA) is 50.8 Å². The minimum absolute atomic E-state index is 0.0108. The van der Waals surface area contributed by atoms with E-state index in [9.17, 15) is 4.79 Å². The minimum Gasteiger partial charge on any atom is -0.493 e. The predicted molar refractivity (Wildman–Crippen MR) is 119 cm³/mol. The molecule has 2 aromatic rings. The highest BCUT2D eigenvalue weighted by Gasteiger charge is 2.15. The van der Waals surface area contributed by atoms with Crippen LogP contribution in [0.15, 0.2) is 30.3 Å². The third kappa shape index (κ3) is 6.50. The van der Waals surface area contributed by atoms with E-state index in [0.717, 1.165) is 41.8 Å². The second-order valence-corrected chi connectivity index (χ2v) is 7.58. The molecule has 2 aromatic carbocycles. The molecule has 0 unspecified atom stereocenters. The van der Waals surface area contributed by atoms with Crippen LogP contribution >= 0.6 is 0 Å². The van der Waals surface area contributed by atoms with Gasteiger partial charge in [0.1, 0.15) is 0 Å². The van der Waals surface area contributed by atoms with Crippen LogP contribution in [0.5, 0.6) is 11.5 Å². The number of benzene rings is 2. The summed E-state index contributed by atoms with van der Waals surface area (Å²) < 4.78 is 10.7. The van der Waals surface area contributed by atoms with Crippen molar-refractivity contribution in [3.8, 4) is 11.5 Å². The molecule has 2 rings (SSSR count). The summed E-state index contributed by atoms with van der Waals surface area (Å²) in [4.78, 5) is 15.0. The van der Waals surface area contributed by atoms with Crippen LogP contribution in [0.4, 0.5) is 5.69 Å². The van der Waals surface area contributed by atoms with Crippen molar-refractivity contribution in [3.63, 3.8) is 0 Å². The number of carbonyl (C=O) groups is 1. The first kappa shape index (κ1) is 22.8. The van der Waals surface area contributed by atoms with Crippen molar-refractivity contribution in [2.75, 3.05) is 32.6 Å². The van der Waals surface area contributed by atoms with Crippen molar-refractivity contribution in [1.82, 2.24) is 4.90 Å². The molecule has 0 saturated heterocycles. The number of hydrogen-bond donors (Lipinski definition) is 1. The molecule has 0 aliphatic rings. The maximum absolute atomic E-state index is 12.8. The van der Waals surface area contributed by atoms with Gasteiger partial charge in [-0.1, -0.05) is 37.1 Å². The maximum Gasteiger partial charge on any atom is 0.238 e. The lowest BCUT2D eigenvalue weighted by Gasteiger charge is -2.23. The van der Waals surface area contributed by atoms with Gasteiger partial charge in [-0.25, -0.2) is 0 Å². The quantitative estimate of drug-likeness (QED) is 0.620. The van der Waals surface area contributed by atoms with Crippen molar-refractivity contribution >= 4 is 11.6 Å². The van der Waals surface area contributed by atoms with Gasteiger partial charge in [0.15, 0.2) is 11.5 Å². The zero-order chi connectivity index (χ0) is 21.4. The summed E-state index contributed by atoms with van der Waals surface area (Å²) in [7, 11) is 3.26. The second kappa shape index (κ2) is 10.9. The van der Waals surface area contributed by atoms with E-state index in [-0.39, 0.29) is 5.91 Å². The van der Waals surface area contributed by atoms with Crippen molar-refractivity contribution in [3.05, 3.63) is 52.6 Å². The Bertz CT molecular complexity index is 810. The lowest BCUT2D eigenvalue weighted by molar-refractivity contribution is -0.117. The van der Waals surface area contributed by atoms with Gasteiger partial charge in [0, 0.05) is 12.2 Å². The van der Waals surface area contributed by atoms with Gasteiger partial charge in [0.25, 0.3) is 0 Å². The van der Waals surface area contributed by atoms with Gasteiger partial charge in [0.05, 0.1) is 20.8 Å². The third-order valence-corrected chi connectivity index (χ3v) is 4.99. The first-order valence-electron chi connectivity index (χ1n) is 10.2. The second-order valence-electron chi connectivity index (χ2n) is 7.58. The van der Waals surface area contributed by atoms with E-state index < -0.39 is 0 Å². The first-order chi connectivity index (χ1) is 13.9. The molecule has 0 aliphatic heterocycles. The lowest BCUT2D eigenvalue weighted by Crippen LogP contribution is -2.34. The van der Waals surface area contributed by atoms with Crippen LogP contribution < -0.4 is 14.8 Å². The van der Waals surface area contributed by atoms with E-state index in [2.05, 4.69) is 36.2 Å². The van der Waals surface area contributed by atoms with E-state index in [1.807, 2.05) is 32.0 Å². The standard InChI is InChI=1S/C24H34N2O3/c1-7-8-11-26(15-20-9-10-21(28-5)22(14-20)29-6)16-23(27)25-24-18(3)12-17(2)13-19(24)4/h9-10,12-14H,7-8,11,15-16H2,1-6H3,(H,25,27). The van der Waals surface area contributed by atoms with Crippen molar-refractivity contribution in [1.29, 1.82) is 0 Å². The molecule has 1 N–H and O–H groups in total. The molecule has 0 aliphatic carbocycles. The molecule has 5 nitrogen and oxygen atoms in total. The van der Waals surface area contributed by atoms with Crippen molar-refractivity contribution in [2.24, 2.45) is 0 Å². The number of amides is 1. The molecule has 0 atom stereocenters. The molecule has 0 spiro atoms. The molecule has 0 fully saturated rings. The number of nitrogens with one attached hydrogen (secondary N) is 1. The number of ether oxygens (including phenoxy) is 2. The molecule has 158 valence electrons. The summed E-state index contributed by atoms with van der Waals surface area (Å²) in [6, 6.07) is 10.1. The summed E-state index contributed by atoms with van der Waals surface area (Å²) in [5.41, 5.74) is 5.40. The molecule has 5 heteroatoms. The van der Waals surface area contributed by atoms with Crippen LogP contribution in [0.3, 0.4) is 0 Å². The Balaban J connectivity index is 2.11. The molecule has 29 heavy (non-hydrogen) atoms. The average molecular weight is 399 g/mol. The number of rotatable bonds is 10. The Morgan fingerprint density at radius 3 is 2.24 bits per heavy atom. The van der Waals surface area contributed by atoms with E-state index in [4.69, 9.17) is 9.47 Å². The molecule has 0 heterocycles. The Morgan fingerprint density at radius 1 is 1.00 bits per heavy atom. The van der Waals surface area contributed by atoms with E-state index in [1.165, 1.54) is 5.56 Å². The van der Waals surface area contributed by atoms with Crippen LogP contribution in [0.25, 0.3) is 0 Å². The summed E-state index contributed by atoms with van der Waals surface area (Å²) in [5, 5.41) is 3.11. The van der Waals surface area contributed by atoms with Gasteiger partial charge < -0.3 is 14.8 Å². The Morgan fingerprint density at radius 2 is 1.66 bits per heavy atom. The smallest absolute Gasteiger partial charge is 0.238 e. The largest absolute Gasteiger partial charge is 0.493 e. The van der Waals surface area contributed by atoms with Gasteiger partial charge in [-0.2, -0.15) is 0 Å². The highest BCUT2D eigenvalue weighted by Crippen LogP contribution is 2.28. The lowest BCUT2D eigenvalue weighted by atomic mass is 10.1. The molecule has 0 bridgehead atoms. The van der Waals surface area contributed by atoms with Crippen LogP contribution in [-0.4, -0.2) is 38.1 Å². The first-order valence-corrected chi connectivity index (χ1v) is 10.2. The Labute approximate surface area is 175 Å². The highest BCUT2D eigenvalue weighted by molar-refractivity contribution is 5.93. The van der Waals surface area contributed by atoms with Crippen molar-refractivity contribution < 1.29 is 14.3 Å². The third-order valence-electron chi connectivity index (χ3n) is 4.99. The number of hydrogen-bond acceptors (Lipinski definition) is 4. The van der Waals surface area contributed by atoms with Crippen LogP contribution in [0, 0.1) is 20.8 Å². The van der Waals surface area contributed by atoms with Gasteiger partial charge in [0.2, 0.25) is 5.91 Å². The van der Waals surface area contributed by atoms with Crippen LogP contribution in [0.1, 0.15) is 42.0 Å². The summed E-state index contributed by atoms with van der Waals surface area (Å²) >= 11 is 0. The fourth-order valence-corrected chi connectivity index (χ4v) is 3.59. The zero-order valence-corrected chi connectivity index (χ0v) is 18.6. The Hall–Kier alpha value is -2.53. The van der Waals surface area contributed by atoms with E-state index in [1.54, 1.807) is 14.2 Å². The fourth-order valence-electron chi connectivity index (χ4n) is 3.59. The molecular weight excluding hydrogens is 364 g/mol. The number of anilines is 1. The summed E-state index contributed by atoms with van der Waals surface area (Å²) in [6.07, 6.45) is 2.13. The van der Waals surface area contributed by atoms with Crippen LogP contribution in [-0.2, 0) is 11.3 Å². The normalized spacial score (nSPS) is 10.9. The Kier molecular flexibility index (Phi) is 8.52. The highest BCUT2D eigenvalue weighted by atomic mass is 16.5. The SMILES string of the molecule is CCCCN(CC(=O)Nc1c(C)cc(C)cc1C)Cc1ccc(OC)c(OC)c1. The van der Waals surface area contributed by atoms with E-state index >= 15 is 0 Å². The fraction of sp³-hybridized carbons (Fsp3) is 0.458. The number of carbonyl (C=O) groups excluding carboxylic acids is 1. The number of unbranched alkanes of at least 4 members (excludes halogenated alkanes) is 1. The van der Waals surface area contributed by atoms with Gasteiger partial charge in [-0.15, -0.1) is 0 Å². The predicted octanol–water partition coefficient (Wildman–Crippen LogP) is 4.87. The molecule has 0 saturated carbocycles. The maximum atomic E-state index is 12.8.